The van der Waals surface area contributed by atoms with E-state index < -0.39 is 0 Å². The Morgan fingerprint density at radius 2 is 1.96 bits per heavy atom. The number of phenolic OH excluding ortho intramolecular Hbond substituents is 1. The summed E-state index contributed by atoms with van der Waals surface area (Å²) in [5.41, 5.74) is 2.06. The molecule has 6 nitrogen and oxygen atoms in total. The number of phenols is 1. The summed E-state index contributed by atoms with van der Waals surface area (Å²) in [4.78, 5) is 13.1. The van der Waals surface area contributed by atoms with Gasteiger partial charge in [0.25, 0.3) is 0 Å². The number of halogens is 1. The zero-order valence-electron chi connectivity index (χ0n) is 13.9. The molecule has 25 heavy (non-hydrogen) atoms. The number of rotatable bonds is 5. The number of nitrogens with one attached hydrogen (secondary N) is 2. The molecule has 0 spiro atoms. The highest BCUT2D eigenvalue weighted by molar-refractivity contribution is 6.30. The molecule has 128 valence electrons. The van der Waals surface area contributed by atoms with Crippen molar-refractivity contribution >= 4 is 29.1 Å². The van der Waals surface area contributed by atoms with Crippen molar-refractivity contribution in [2.24, 2.45) is 0 Å². The molecule has 0 radical (unpaired) electrons. The largest absolute Gasteiger partial charge is 0.506 e. The molecule has 0 atom stereocenters. The number of anilines is 3. The summed E-state index contributed by atoms with van der Waals surface area (Å²) >= 11 is 6.01. The third-order valence-corrected chi connectivity index (χ3v) is 3.56. The van der Waals surface area contributed by atoms with Gasteiger partial charge in [0.05, 0.1) is 11.4 Å². The number of aromatic hydroxyl groups is 1. The number of pyridine rings is 1. The van der Waals surface area contributed by atoms with Crippen LogP contribution >= 0.6 is 11.6 Å². The van der Waals surface area contributed by atoms with Gasteiger partial charge in [0.2, 0.25) is 5.95 Å². The second-order valence-electron chi connectivity index (χ2n) is 5.79. The average molecular weight is 356 g/mol. The van der Waals surface area contributed by atoms with Gasteiger partial charge in [-0.2, -0.15) is 4.98 Å². The molecule has 2 aromatic heterocycles. The van der Waals surface area contributed by atoms with Gasteiger partial charge in [-0.15, -0.1) is 0 Å². The van der Waals surface area contributed by atoms with Gasteiger partial charge in [0.1, 0.15) is 11.6 Å². The van der Waals surface area contributed by atoms with E-state index in [4.69, 9.17) is 11.6 Å². The van der Waals surface area contributed by atoms with Crippen molar-refractivity contribution in [2.45, 2.75) is 19.9 Å². The molecule has 2 heterocycles. The maximum atomic E-state index is 10.0. The molecule has 3 rings (SSSR count). The van der Waals surface area contributed by atoms with E-state index in [1.165, 1.54) is 6.07 Å². The molecular formula is C18H18ClN5O. The molecule has 3 aromatic rings. The van der Waals surface area contributed by atoms with Crippen LogP contribution in [0.2, 0.25) is 5.02 Å². The first-order chi connectivity index (χ1) is 12.0. The Kier molecular flexibility index (Phi) is 5.00. The minimum Gasteiger partial charge on any atom is -0.506 e. The lowest BCUT2D eigenvalue weighted by Gasteiger charge is -2.13. The maximum absolute atomic E-state index is 10.0. The number of aromatic nitrogens is 3. The van der Waals surface area contributed by atoms with Crippen LogP contribution in [0.5, 0.6) is 5.75 Å². The van der Waals surface area contributed by atoms with Crippen molar-refractivity contribution in [3.8, 4) is 17.0 Å². The summed E-state index contributed by atoms with van der Waals surface area (Å²) in [6.07, 6.45) is 3.45. The first-order valence-electron chi connectivity index (χ1n) is 7.83. The Hall–Kier alpha value is -2.86. The summed E-state index contributed by atoms with van der Waals surface area (Å²) in [7, 11) is 0. The highest BCUT2D eigenvalue weighted by atomic mass is 35.5. The molecule has 3 N–H and O–H groups in total. The fourth-order valence-electron chi connectivity index (χ4n) is 2.24. The van der Waals surface area contributed by atoms with Gasteiger partial charge in [0.15, 0.2) is 0 Å². The quantitative estimate of drug-likeness (QED) is 0.586. The van der Waals surface area contributed by atoms with E-state index in [0.29, 0.717) is 22.5 Å². The van der Waals surface area contributed by atoms with Crippen molar-refractivity contribution in [1.29, 1.82) is 0 Å². The fraction of sp³-hybridized carbons (Fsp3) is 0.167. The molecule has 0 fully saturated rings. The molecule has 0 aliphatic heterocycles. The summed E-state index contributed by atoms with van der Waals surface area (Å²) in [6.45, 7) is 4.02. The highest BCUT2D eigenvalue weighted by Crippen LogP contribution is 2.30. The van der Waals surface area contributed by atoms with Gasteiger partial charge in [-0.1, -0.05) is 11.6 Å². The average Bonchev–Trinajstić information content (AvgIpc) is 2.58. The van der Waals surface area contributed by atoms with Crippen LogP contribution in [-0.4, -0.2) is 26.1 Å². The standard InChI is InChI=1S/C18H18ClN5O/c1-11(2)21-18-23-14(12-4-3-7-20-10-12)9-17(24-18)22-15-8-13(19)5-6-16(15)25/h3-11,25H,1-2H3,(H2,21,22,23,24). The minimum atomic E-state index is 0.0873. The molecular weight excluding hydrogens is 338 g/mol. The van der Waals surface area contributed by atoms with Crippen molar-refractivity contribution in [1.82, 2.24) is 15.0 Å². The third-order valence-electron chi connectivity index (χ3n) is 3.32. The van der Waals surface area contributed by atoms with Crippen molar-refractivity contribution in [3.05, 3.63) is 53.8 Å². The normalized spacial score (nSPS) is 10.7. The lowest BCUT2D eigenvalue weighted by atomic mass is 10.2. The van der Waals surface area contributed by atoms with Crippen molar-refractivity contribution in [3.63, 3.8) is 0 Å². The van der Waals surface area contributed by atoms with Gasteiger partial charge >= 0.3 is 0 Å². The summed E-state index contributed by atoms with van der Waals surface area (Å²) < 4.78 is 0. The second-order valence-corrected chi connectivity index (χ2v) is 6.23. The Balaban J connectivity index is 2.01. The molecule has 0 saturated heterocycles. The van der Waals surface area contributed by atoms with Gasteiger partial charge in [0, 0.05) is 35.1 Å². The van der Waals surface area contributed by atoms with E-state index in [0.717, 1.165) is 11.3 Å². The Morgan fingerprint density at radius 1 is 1.12 bits per heavy atom. The zero-order valence-corrected chi connectivity index (χ0v) is 14.6. The zero-order chi connectivity index (χ0) is 17.8. The van der Waals surface area contributed by atoms with Gasteiger partial charge < -0.3 is 15.7 Å². The molecule has 7 heteroatoms. The highest BCUT2D eigenvalue weighted by Gasteiger charge is 2.10. The van der Waals surface area contributed by atoms with E-state index in [1.54, 1.807) is 30.6 Å². The fourth-order valence-corrected chi connectivity index (χ4v) is 2.41. The number of hydrogen-bond donors (Lipinski definition) is 3. The lowest BCUT2D eigenvalue weighted by molar-refractivity contribution is 0.477. The van der Waals surface area contributed by atoms with Gasteiger partial charge in [-0.25, -0.2) is 4.98 Å². The van der Waals surface area contributed by atoms with Crippen molar-refractivity contribution in [2.75, 3.05) is 10.6 Å². The molecule has 0 unspecified atom stereocenters. The third kappa shape index (κ3) is 4.36. The van der Waals surface area contributed by atoms with Gasteiger partial charge in [-0.05, 0) is 44.2 Å². The van der Waals surface area contributed by atoms with Crippen LogP contribution in [-0.2, 0) is 0 Å². The molecule has 0 amide bonds. The number of nitrogens with zero attached hydrogens (tertiary/aromatic N) is 3. The second kappa shape index (κ2) is 7.36. The number of benzene rings is 1. The Morgan fingerprint density at radius 3 is 2.68 bits per heavy atom. The molecule has 0 aliphatic rings. The van der Waals surface area contributed by atoms with Crippen LogP contribution in [0.15, 0.2) is 48.8 Å². The van der Waals surface area contributed by atoms with Crippen LogP contribution in [0.3, 0.4) is 0 Å². The smallest absolute Gasteiger partial charge is 0.225 e. The van der Waals surface area contributed by atoms with Crippen LogP contribution in [0.4, 0.5) is 17.5 Å². The summed E-state index contributed by atoms with van der Waals surface area (Å²) in [5, 5.41) is 16.8. The molecule has 1 aromatic carbocycles. The molecule has 0 bridgehead atoms. The monoisotopic (exact) mass is 355 g/mol. The van der Waals surface area contributed by atoms with Crippen LogP contribution in [0.25, 0.3) is 11.3 Å². The van der Waals surface area contributed by atoms with E-state index in [-0.39, 0.29) is 11.8 Å². The van der Waals surface area contributed by atoms with Crippen molar-refractivity contribution < 1.29 is 5.11 Å². The summed E-state index contributed by atoms with van der Waals surface area (Å²) in [5.74, 6) is 1.11. The number of hydrogen-bond acceptors (Lipinski definition) is 6. The Labute approximate surface area is 150 Å². The van der Waals surface area contributed by atoms with Gasteiger partial charge in [-0.3, -0.25) is 4.98 Å². The Bertz CT molecular complexity index is 871. The topological polar surface area (TPSA) is 83.0 Å². The predicted octanol–water partition coefficient (Wildman–Crippen LogP) is 4.46. The molecule has 0 aliphatic carbocycles. The van der Waals surface area contributed by atoms with Crippen LogP contribution in [0, 0.1) is 0 Å². The van der Waals surface area contributed by atoms with E-state index in [9.17, 15) is 5.11 Å². The first kappa shape index (κ1) is 17.0. The SMILES string of the molecule is CC(C)Nc1nc(Nc2cc(Cl)ccc2O)cc(-c2cccnc2)n1. The predicted molar refractivity (Wildman–Crippen MR) is 100 cm³/mol. The lowest BCUT2D eigenvalue weighted by Crippen LogP contribution is -2.13. The minimum absolute atomic E-state index is 0.0873. The van der Waals surface area contributed by atoms with E-state index in [2.05, 4.69) is 25.6 Å². The van der Waals surface area contributed by atoms with E-state index >= 15 is 0 Å². The summed E-state index contributed by atoms with van der Waals surface area (Å²) in [6, 6.07) is 10.5. The maximum Gasteiger partial charge on any atom is 0.225 e. The van der Waals surface area contributed by atoms with Crippen LogP contribution < -0.4 is 10.6 Å². The van der Waals surface area contributed by atoms with E-state index in [1.807, 2.05) is 26.0 Å². The first-order valence-corrected chi connectivity index (χ1v) is 8.20. The molecule has 0 saturated carbocycles. The van der Waals surface area contributed by atoms with Crippen LogP contribution in [0.1, 0.15) is 13.8 Å².